The summed E-state index contributed by atoms with van der Waals surface area (Å²) in [5.74, 6) is -0.975. The van der Waals surface area contributed by atoms with Crippen LogP contribution in [0.3, 0.4) is 0 Å². The second-order valence-corrected chi connectivity index (χ2v) is 7.22. The zero-order chi connectivity index (χ0) is 22.1. The Labute approximate surface area is 193 Å². The third kappa shape index (κ3) is 6.97. The van der Waals surface area contributed by atoms with Gasteiger partial charge in [0.05, 0.1) is 18.8 Å². The minimum absolute atomic E-state index is 0. The number of piperazine rings is 1. The summed E-state index contributed by atoms with van der Waals surface area (Å²) in [5, 5.41) is 3.21. The number of hydrogen-bond donors (Lipinski definition) is 1. The van der Waals surface area contributed by atoms with Gasteiger partial charge in [-0.05, 0) is 30.7 Å². The van der Waals surface area contributed by atoms with Gasteiger partial charge in [0, 0.05) is 32.1 Å². The van der Waals surface area contributed by atoms with E-state index in [0.717, 1.165) is 18.2 Å². The van der Waals surface area contributed by atoms with Gasteiger partial charge in [-0.1, -0.05) is 25.1 Å². The highest BCUT2D eigenvalue weighted by molar-refractivity contribution is 5.85. The Bertz CT molecular complexity index is 857. The lowest BCUT2D eigenvalue weighted by atomic mass is 10.1. The first-order chi connectivity index (χ1) is 15.1. The standard InChI is InChI=1S/C23H28F2N2O4.ClH/c1-2-17-15-26-11-12-27(17)23(28)31-16-19-20(24)9-10-21(22(19)25)30-14-6-13-29-18-7-4-3-5-8-18;/h3-5,7-10,17,26H,2,6,11-16H2,1H3;1H/t17-;/m1./s1. The predicted octanol–water partition coefficient (Wildman–Crippen LogP) is 4.55. The molecule has 1 fully saturated rings. The van der Waals surface area contributed by atoms with Gasteiger partial charge in [0.2, 0.25) is 0 Å². The van der Waals surface area contributed by atoms with E-state index in [-0.39, 0.29) is 36.4 Å². The number of nitrogens with zero attached hydrogens (tertiary/aromatic N) is 1. The van der Waals surface area contributed by atoms with E-state index in [1.54, 1.807) is 4.90 Å². The minimum Gasteiger partial charge on any atom is -0.493 e. The number of para-hydroxylation sites is 1. The number of benzene rings is 2. The fraction of sp³-hybridized carbons (Fsp3) is 0.435. The summed E-state index contributed by atoms with van der Waals surface area (Å²) in [7, 11) is 0. The van der Waals surface area contributed by atoms with Crippen LogP contribution in [0.2, 0.25) is 0 Å². The summed E-state index contributed by atoms with van der Waals surface area (Å²) < 4.78 is 45.1. The molecule has 0 spiro atoms. The average molecular weight is 471 g/mol. The summed E-state index contributed by atoms with van der Waals surface area (Å²) in [6, 6.07) is 11.7. The lowest BCUT2D eigenvalue weighted by Crippen LogP contribution is -2.53. The van der Waals surface area contributed by atoms with Crippen LogP contribution in [0.4, 0.5) is 13.6 Å². The van der Waals surface area contributed by atoms with Crippen molar-refractivity contribution in [3.05, 3.63) is 59.7 Å². The SMILES string of the molecule is CC[C@@H]1CNCCN1C(=O)OCc1c(F)ccc(OCCCOc2ccccc2)c1F.Cl. The third-order valence-corrected chi connectivity index (χ3v) is 5.10. The summed E-state index contributed by atoms with van der Waals surface area (Å²) >= 11 is 0. The van der Waals surface area contributed by atoms with Crippen LogP contribution >= 0.6 is 12.4 Å². The number of amides is 1. The van der Waals surface area contributed by atoms with E-state index < -0.39 is 24.3 Å². The summed E-state index contributed by atoms with van der Waals surface area (Å²) in [5.41, 5.74) is -0.324. The lowest BCUT2D eigenvalue weighted by Gasteiger charge is -2.34. The number of rotatable bonds is 9. The topological polar surface area (TPSA) is 60.0 Å². The highest BCUT2D eigenvalue weighted by Crippen LogP contribution is 2.24. The normalized spacial score (nSPS) is 15.6. The highest BCUT2D eigenvalue weighted by Gasteiger charge is 2.27. The quantitative estimate of drug-likeness (QED) is 0.545. The molecule has 0 aliphatic carbocycles. The van der Waals surface area contributed by atoms with Gasteiger partial charge < -0.3 is 24.4 Å². The molecule has 1 atom stereocenters. The molecule has 1 heterocycles. The first-order valence-corrected chi connectivity index (χ1v) is 10.5. The van der Waals surface area contributed by atoms with Crippen LogP contribution in [0.5, 0.6) is 11.5 Å². The van der Waals surface area contributed by atoms with E-state index in [0.29, 0.717) is 32.7 Å². The summed E-state index contributed by atoms with van der Waals surface area (Å²) in [6.45, 7) is 3.91. The molecule has 0 saturated carbocycles. The van der Waals surface area contributed by atoms with Crippen LogP contribution in [0.1, 0.15) is 25.3 Å². The van der Waals surface area contributed by atoms with Crippen LogP contribution in [0.25, 0.3) is 0 Å². The molecule has 9 heteroatoms. The maximum atomic E-state index is 14.7. The zero-order valence-corrected chi connectivity index (χ0v) is 18.8. The largest absolute Gasteiger partial charge is 0.493 e. The molecule has 2 aromatic rings. The maximum absolute atomic E-state index is 14.7. The third-order valence-electron chi connectivity index (χ3n) is 5.10. The van der Waals surface area contributed by atoms with E-state index in [2.05, 4.69) is 5.32 Å². The van der Waals surface area contributed by atoms with Gasteiger partial charge in [-0.25, -0.2) is 13.6 Å². The summed E-state index contributed by atoms with van der Waals surface area (Å²) in [6.07, 6.45) is 0.719. The molecule has 32 heavy (non-hydrogen) atoms. The van der Waals surface area contributed by atoms with Crippen LogP contribution in [0, 0.1) is 11.6 Å². The van der Waals surface area contributed by atoms with Crippen LogP contribution in [0.15, 0.2) is 42.5 Å². The Morgan fingerprint density at radius 3 is 2.62 bits per heavy atom. The fourth-order valence-electron chi connectivity index (χ4n) is 3.35. The van der Waals surface area contributed by atoms with Gasteiger partial charge in [0.25, 0.3) is 0 Å². The lowest BCUT2D eigenvalue weighted by molar-refractivity contribution is 0.0697. The molecule has 1 aliphatic rings. The highest BCUT2D eigenvalue weighted by atomic mass is 35.5. The number of hydrogen-bond acceptors (Lipinski definition) is 5. The van der Waals surface area contributed by atoms with E-state index in [1.165, 1.54) is 6.07 Å². The first kappa shape index (κ1) is 25.7. The van der Waals surface area contributed by atoms with Gasteiger partial charge in [-0.15, -0.1) is 12.4 Å². The summed E-state index contributed by atoms with van der Waals surface area (Å²) in [4.78, 5) is 14.0. The smallest absolute Gasteiger partial charge is 0.410 e. The van der Waals surface area contributed by atoms with Gasteiger partial charge in [0.1, 0.15) is 18.2 Å². The number of ether oxygens (including phenoxy) is 3. The van der Waals surface area contributed by atoms with Gasteiger partial charge >= 0.3 is 6.09 Å². The van der Waals surface area contributed by atoms with Crippen molar-refractivity contribution in [1.82, 2.24) is 10.2 Å². The zero-order valence-electron chi connectivity index (χ0n) is 18.0. The molecule has 0 aromatic heterocycles. The Balaban J connectivity index is 0.00000363. The minimum atomic E-state index is -0.857. The first-order valence-electron chi connectivity index (χ1n) is 10.5. The molecule has 2 aromatic carbocycles. The molecule has 1 aliphatic heterocycles. The van der Waals surface area contributed by atoms with Crippen molar-refractivity contribution in [2.24, 2.45) is 0 Å². The molecule has 0 bridgehead atoms. The maximum Gasteiger partial charge on any atom is 0.410 e. The van der Waals surface area contributed by atoms with Gasteiger partial charge in [-0.3, -0.25) is 0 Å². The molecule has 0 radical (unpaired) electrons. The molecular weight excluding hydrogens is 442 g/mol. The van der Waals surface area contributed by atoms with Gasteiger partial charge in [0.15, 0.2) is 11.6 Å². The predicted molar refractivity (Wildman–Crippen MR) is 119 cm³/mol. The Kier molecular flexibility index (Phi) is 10.5. The van der Waals surface area contributed by atoms with Crippen molar-refractivity contribution >= 4 is 18.5 Å². The fourth-order valence-corrected chi connectivity index (χ4v) is 3.35. The molecule has 0 unspecified atom stereocenters. The van der Waals surface area contributed by atoms with E-state index in [9.17, 15) is 13.6 Å². The van der Waals surface area contributed by atoms with Crippen molar-refractivity contribution in [3.8, 4) is 11.5 Å². The molecule has 6 nitrogen and oxygen atoms in total. The number of carbonyl (C=O) groups is 1. The van der Waals surface area contributed by atoms with Crippen LogP contribution < -0.4 is 14.8 Å². The molecule has 176 valence electrons. The Morgan fingerprint density at radius 2 is 1.88 bits per heavy atom. The average Bonchev–Trinajstić information content (AvgIpc) is 2.80. The van der Waals surface area contributed by atoms with Crippen LogP contribution in [-0.2, 0) is 11.3 Å². The number of nitrogens with one attached hydrogen (secondary N) is 1. The van der Waals surface area contributed by atoms with Crippen molar-refractivity contribution in [1.29, 1.82) is 0 Å². The molecule has 1 saturated heterocycles. The number of halogens is 3. The van der Waals surface area contributed by atoms with Crippen LogP contribution in [-0.4, -0.2) is 49.9 Å². The van der Waals surface area contributed by atoms with Crippen molar-refractivity contribution in [2.45, 2.75) is 32.4 Å². The van der Waals surface area contributed by atoms with Crippen molar-refractivity contribution < 1.29 is 27.8 Å². The van der Waals surface area contributed by atoms with Gasteiger partial charge in [-0.2, -0.15) is 0 Å². The van der Waals surface area contributed by atoms with Crippen molar-refractivity contribution in [3.63, 3.8) is 0 Å². The Morgan fingerprint density at radius 1 is 1.12 bits per heavy atom. The molecular formula is C23H29ClF2N2O4. The van der Waals surface area contributed by atoms with E-state index >= 15 is 0 Å². The van der Waals surface area contributed by atoms with E-state index in [1.807, 2.05) is 37.3 Å². The second kappa shape index (κ2) is 13.1. The van der Waals surface area contributed by atoms with Crippen molar-refractivity contribution in [2.75, 3.05) is 32.8 Å². The second-order valence-electron chi connectivity index (χ2n) is 7.22. The molecule has 1 amide bonds. The molecule has 1 N–H and O–H groups in total. The van der Waals surface area contributed by atoms with E-state index in [4.69, 9.17) is 14.2 Å². The monoisotopic (exact) mass is 470 g/mol. The Hall–Kier alpha value is -2.58. The molecule has 3 rings (SSSR count). The number of carbonyl (C=O) groups excluding carboxylic acids is 1.